The number of pyridine rings is 1. The predicted octanol–water partition coefficient (Wildman–Crippen LogP) is 2.47. The molecule has 156 valence electrons. The van der Waals surface area contributed by atoms with Crippen LogP contribution in [0.5, 0.6) is 0 Å². The number of nitrogens with zero attached hydrogens (tertiary/aromatic N) is 4. The van der Waals surface area contributed by atoms with Gasteiger partial charge in [0.15, 0.2) is 5.82 Å². The van der Waals surface area contributed by atoms with Crippen LogP contribution in [0.2, 0.25) is 0 Å². The minimum absolute atomic E-state index is 0.114. The second-order valence-electron chi connectivity index (χ2n) is 8.06. The largest absolute Gasteiger partial charge is 0.444 e. The van der Waals surface area contributed by atoms with E-state index in [1.165, 1.54) is 0 Å². The minimum atomic E-state index is -0.546. The van der Waals surface area contributed by atoms with Gasteiger partial charge in [0.1, 0.15) is 5.60 Å². The number of urea groups is 1. The maximum absolute atomic E-state index is 12.6. The Hall–Kier alpha value is -3.10. The molecule has 1 saturated heterocycles. The summed E-state index contributed by atoms with van der Waals surface area (Å²) in [7, 11) is 0. The number of hydrogen-bond acceptors (Lipinski definition) is 5. The number of piperidine rings is 1. The van der Waals surface area contributed by atoms with Crippen molar-refractivity contribution in [1.29, 1.82) is 0 Å². The first-order valence-corrected chi connectivity index (χ1v) is 9.77. The van der Waals surface area contributed by atoms with E-state index in [1.54, 1.807) is 22.0 Å². The molecule has 2 N–H and O–H groups in total. The number of ether oxygens (including phenoxy) is 1. The normalized spacial score (nSPS) is 16.9. The number of aromatic nitrogens is 3. The first-order chi connectivity index (χ1) is 13.8. The molecule has 2 aromatic heterocycles. The number of carbonyl (C=O) groups excluding carboxylic acids is 2. The molecule has 3 rings (SSSR count). The van der Waals surface area contributed by atoms with Crippen LogP contribution in [-0.4, -0.2) is 56.5 Å². The van der Waals surface area contributed by atoms with Gasteiger partial charge in [-0.25, -0.2) is 19.3 Å². The number of alkyl carbamates (subject to hydrolysis) is 1. The van der Waals surface area contributed by atoms with Crippen LogP contribution in [0.3, 0.4) is 0 Å². The van der Waals surface area contributed by atoms with Gasteiger partial charge in [0, 0.05) is 44.3 Å². The van der Waals surface area contributed by atoms with E-state index in [0.29, 0.717) is 25.5 Å². The van der Waals surface area contributed by atoms with Gasteiger partial charge < -0.3 is 20.3 Å². The molecular weight excluding hydrogens is 372 g/mol. The summed E-state index contributed by atoms with van der Waals surface area (Å²) in [5, 5.41) is 9.96. The van der Waals surface area contributed by atoms with E-state index >= 15 is 0 Å². The molecule has 0 saturated carbocycles. The van der Waals surface area contributed by atoms with E-state index in [2.05, 4.69) is 20.7 Å². The summed E-state index contributed by atoms with van der Waals surface area (Å²) in [6.07, 6.45) is 6.39. The Kier molecular flexibility index (Phi) is 6.36. The number of amides is 3. The van der Waals surface area contributed by atoms with Gasteiger partial charge in [0.05, 0.1) is 0 Å². The number of carbonyl (C=O) groups is 2. The average Bonchev–Trinajstić information content (AvgIpc) is 3.20. The molecule has 9 heteroatoms. The molecule has 0 bridgehead atoms. The molecule has 1 unspecified atom stereocenters. The molecule has 3 amide bonds. The van der Waals surface area contributed by atoms with Crippen molar-refractivity contribution in [1.82, 2.24) is 30.3 Å². The third kappa shape index (κ3) is 6.20. The van der Waals surface area contributed by atoms with Gasteiger partial charge >= 0.3 is 12.1 Å². The molecule has 0 radical (unpaired) electrons. The fraction of sp³-hybridized carbons (Fsp3) is 0.500. The molecule has 1 aliphatic heterocycles. The zero-order chi connectivity index (χ0) is 20.9. The van der Waals surface area contributed by atoms with Crippen molar-refractivity contribution in [2.75, 3.05) is 13.1 Å². The first kappa shape index (κ1) is 20.6. The maximum Gasteiger partial charge on any atom is 0.407 e. The van der Waals surface area contributed by atoms with Crippen molar-refractivity contribution >= 4 is 12.1 Å². The van der Waals surface area contributed by atoms with Crippen molar-refractivity contribution < 1.29 is 14.3 Å². The highest BCUT2D eigenvalue weighted by molar-refractivity contribution is 5.74. The third-order valence-electron chi connectivity index (χ3n) is 4.42. The van der Waals surface area contributed by atoms with Gasteiger partial charge in [-0.15, -0.1) is 0 Å². The summed E-state index contributed by atoms with van der Waals surface area (Å²) in [4.78, 5) is 30.6. The molecule has 2 aromatic rings. The highest BCUT2D eigenvalue weighted by atomic mass is 16.6. The Labute approximate surface area is 170 Å². The second kappa shape index (κ2) is 8.93. The Bertz CT molecular complexity index is 831. The number of rotatable bonds is 4. The van der Waals surface area contributed by atoms with Gasteiger partial charge in [0.25, 0.3) is 0 Å². The highest BCUT2D eigenvalue weighted by Gasteiger charge is 2.26. The average molecular weight is 400 g/mol. The van der Waals surface area contributed by atoms with Crippen molar-refractivity contribution in [2.45, 2.75) is 51.8 Å². The highest BCUT2D eigenvalue weighted by Crippen LogP contribution is 2.13. The number of likely N-dealkylation sites (tertiary alicyclic amines) is 1. The zero-order valence-corrected chi connectivity index (χ0v) is 17.1. The van der Waals surface area contributed by atoms with Gasteiger partial charge in [0.2, 0.25) is 0 Å². The molecule has 1 atom stereocenters. The predicted molar refractivity (Wildman–Crippen MR) is 108 cm³/mol. The fourth-order valence-corrected chi connectivity index (χ4v) is 3.14. The van der Waals surface area contributed by atoms with Gasteiger partial charge in [-0.05, 0) is 57.4 Å². The van der Waals surface area contributed by atoms with Crippen LogP contribution in [0.4, 0.5) is 9.59 Å². The summed E-state index contributed by atoms with van der Waals surface area (Å²) in [5.74, 6) is 0.696. The van der Waals surface area contributed by atoms with Crippen LogP contribution in [0, 0.1) is 0 Å². The van der Waals surface area contributed by atoms with Gasteiger partial charge in [-0.3, -0.25) is 0 Å². The Morgan fingerprint density at radius 2 is 2.14 bits per heavy atom. The minimum Gasteiger partial charge on any atom is -0.444 e. The fourth-order valence-electron chi connectivity index (χ4n) is 3.14. The molecule has 0 spiro atoms. The van der Waals surface area contributed by atoms with E-state index in [1.807, 2.05) is 45.2 Å². The Morgan fingerprint density at radius 1 is 1.31 bits per heavy atom. The lowest BCUT2D eigenvalue weighted by Crippen LogP contribution is -2.52. The smallest absolute Gasteiger partial charge is 0.407 e. The lowest BCUT2D eigenvalue weighted by atomic mass is 10.1. The summed E-state index contributed by atoms with van der Waals surface area (Å²) >= 11 is 0. The Morgan fingerprint density at radius 3 is 2.86 bits per heavy atom. The lowest BCUT2D eigenvalue weighted by molar-refractivity contribution is 0.0479. The van der Waals surface area contributed by atoms with Crippen molar-refractivity contribution in [3.63, 3.8) is 0 Å². The Balaban J connectivity index is 1.50. The first-order valence-electron chi connectivity index (χ1n) is 9.77. The standard InChI is InChI=1S/C20H28N6O3/c1-20(2,3)29-19(28)24-16-6-4-10-25(14-16)18(27)22-13-15-7-9-21-17(12-15)26-11-5-8-23-26/h5,7-9,11-12,16H,4,6,10,13-14H2,1-3H3,(H,22,27)(H,24,28). The lowest BCUT2D eigenvalue weighted by Gasteiger charge is -2.33. The number of hydrogen-bond donors (Lipinski definition) is 2. The topological polar surface area (TPSA) is 101 Å². The van der Waals surface area contributed by atoms with Crippen molar-refractivity contribution in [3.05, 3.63) is 42.4 Å². The zero-order valence-electron chi connectivity index (χ0n) is 17.1. The van der Waals surface area contributed by atoms with Crippen molar-refractivity contribution in [3.8, 4) is 5.82 Å². The van der Waals surface area contributed by atoms with E-state index < -0.39 is 11.7 Å². The summed E-state index contributed by atoms with van der Waals surface area (Å²) < 4.78 is 6.97. The van der Waals surface area contributed by atoms with Crippen LogP contribution in [0.1, 0.15) is 39.2 Å². The molecule has 9 nitrogen and oxygen atoms in total. The van der Waals surface area contributed by atoms with E-state index in [9.17, 15) is 9.59 Å². The van der Waals surface area contributed by atoms with Gasteiger partial charge in [-0.1, -0.05) is 0 Å². The van der Waals surface area contributed by atoms with Crippen LogP contribution >= 0.6 is 0 Å². The second-order valence-corrected chi connectivity index (χ2v) is 8.06. The maximum atomic E-state index is 12.6. The van der Waals surface area contributed by atoms with Gasteiger partial charge in [-0.2, -0.15) is 5.10 Å². The van der Waals surface area contributed by atoms with E-state index in [-0.39, 0.29) is 12.1 Å². The quantitative estimate of drug-likeness (QED) is 0.821. The third-order valence-corrected chi connectivity index (χ3v) is 4.42. The SMILES string of the molecule is CC(C)(C)OC(=O)NC1CCCN(C(=O)NCc2ccnc(-n3cccn3)c2)C1. The molecule has 0 aromatic carbocycles. The molecule has 1 aliphatic rings. The molecule has 0 aliphatic carbocycles. The molecule has 29 heavy (non-hydrogen) atoms. The van der Waals surface area contributed by atoms with E-state index in [0.717, 1.165) is 18.4 Å². The molecular formula is C20H28N6O3. The summed E-state index contributed by atoms with van der Waals surface area (Å²) in [6.45, 7) is 6.97. The molecule has 3 heterocycles. The summed E-state index contributed by atoms with van der Waals surface area (Å²) in [6, 6.07) is 5.30. The summed E-state index contributed by atoms with van der Waals surface area (Å²) in [5.41, 5.74) is 0.384. The number of nitrogens with one attached hydrogen (secondary N) is 2. The van der Waals surface area contributed by atoms with Crippen LogP contribution in [-0.2, 0) is 11.3 Å². The van der Waals surface area contributed by atoms with Crippen LogP contribution in [0.15, 0.2) is 36.8 Å². The monoisotopic (exact) mass is 400 g/mol. The molecule has 1 fully saturated rings. The van der Waals surface area contributed by atoms with Crippen LogP contribution in [0.25, 0.3) is 5.82 Å². The van der Waals surface area contributed by atoms with E-state index in [4.69, 9.17) is 4.74 Å². The van der Waals surface area contributed by atoms with Crippen molar-refractivity contribution in [2.24, 2.45) is 0 Å². The van der Waals surface area contributed by atoms with Crippen LogP contribution < -0.4 is 10.6 Å².